The fraction of sp³-hybridized carbons (Fsp3) is 0.418. The van der Waals surface area contributed by atoms with Gasteiger partial charge in [0.15, 0.2) is 5.82 Å². The van der Waals surface area contributed by atoms with Crippen LogP contribution < -0.4 is 26.2 Å². The zero-order valence-electron chi connectivity index (χ0n) is 41.2. The number of para-hydroxylation sites is 1. The summed E-state index contributed by atoms with van der Waals surface area (Å²) in [6.45, 7) is 9.50. The Bertz CT molecular complexity index is 2900. The highest BCUT2D eigenvalue weighted by molar-refractivity contribution is 7.13. The third kappa shape index (κ3) is 10.1. The summed E-state index contributed by atoms with van der Waals surface area (Å²) >= 11 is 1.59. The molecule has 4 fully saturated rings. The number of hydrogen-bond acceptors (Lipinski definition) is 14. The number of aliphatic hydroxyl groups is 1. The number of nitrogens with zero attached hydrogens (tertiary/aromatic N) is 8. The number of phenols is 1. The molecule has 16 nitrogen and oxygen atoms in total. The third-order valence-corrected chi connectivity index (χ3v) is 16.2. The molecule has 2 bridgehead atoms. The number of fused-ring (bicyclic) bond motifs is 2. The lowest BCUT2D eigenvalue weighted by molar-refractivity contribution is -0.144. The Balaban J connectivity index is 0.716. The van der Waals surface area contributed by atoms with Crippen molar-refractivity contribution in [2.75, 3.05) is 35.2 Å². The minimum absolute atomic E-state index is 0.0254. The molecule has 5 atom stereocenters. The van der Waals surface area contributed by atoms with Crippen molar-refractivity contribution < 1.29 is 24.6 Å². The van der Waals surface area contributed by atoms with Gasteiger partial charge in [-0.15, -0.1) is 21.5 Å². The van der Waals surface area contributed by atoms with Gasteiger partial charge in [0.2, 0.25) is 23.7 Å². The number of thiazole rings is 1. The van der Waals surface area contributed by atoms with Crippen molar-refractivity contribution in [1.82, 2.24) is 40.7 Å². The van der Waals surface area contributed by atoms with Gasteiger partial charge < -0.3 is 41.3 Å². The molecule has 0 spiro atoms. The number of aromatic nitrogens is 5. The molecule has 17 heteroatoms. The fourth-order valence-electron chi connectivity index (χ4n) is 11.2. The standard InChI is InChI=1S/C55H63N11O5S/c1-32-48(72-31-60-32)37-11-9-33(10-12-37)25-57-52(70)46-23-42(67)30-65(46)53(71)49(55(2,3)4)61-51(69)38-19-17-35(18-20-38)34-13-15-36(16-14-34)39-26-58-54(59-27-39)66-40-21-22-41(66)29-64(28-40)45-24-44(62-63-50(45)56)43-7-5-6-8-47(43)68/h5-16,24,26-27,31,35,38,40-42,46,49,67-68H,17-23,25,28-30H2,1-4H3,(H2,56,63)(H,57,70)(H,61,69)/t35?,38?,40-,41?,42-,46+,49-/m1/s1. The van der Waals surface area contributed by atoms with Gasteiger partial charge in [-0.1, -0.05) is 81.4 Å². The minimum atomic E-state index is -0.876. The molecule has 6 aromatic rings. The average molecular weight is 990 g/mol. The Labute approximate surface area is 424 Å². The number of amides is 3. The topological polar surface area (TPSA) is 216 Å². The highest BCUT2D eigenvalue weighted by Gasteiger charge is 2.46. The van der Waals surface area contributed by atoms with E-state index in [2.05, 4.69) is 59.9 Å². The molecule has 6 heterocycles. The molecule has 1 saturated carbocycles. The van der Waals surface area contributed by atoms with Crippen LogP contribution in [0.4, 0.5) is 17.5 Å². The van der Waals surface area contributed by atoms with E-state index in [-0.39, 0.29) is 61.0 Å². The first-order valence-electron chi connectivity index (χ1n) is 25.1. The van der Waals surface area contributed by atoms with Crippen molar-refractivity contribution in [3.8, 4) is 38.6 Å². The average Bonchev–Trinajstić information content (AvgIpc) is 4.08. The molecule has 3 aliphatic heterocycles. The van der Waals surface area contributed by atoms with E-state index in [1.807, 2.05) is 88.1 Å². The molecule has 0 radical (unpaired) electrons. The predicted molar refractivity (Wildman–Crippen MR) is 279 cm³/mol. The van der Waals surface area contributed by atoms with E-state index in [9.17, 15) is 24.6 Å². The molecular weight excluding hydrogens is 927 g/mol. The Morgan fingerprint density at radius 2 is 1.50 bits per heavy atom. The van der Waals surface area contributed by atoms with E-state index >= 15 is 0 Å². The van der Waals surface area contributed by atoms with E-state index in [1.54, 1.807) is 23.5 Å². The molecule has 3 aromatic heterocycles. The van der Waals surface area contributed by atoms with Crippen molar-refractivity contribution >= 4 is 46.5 Å². The van der Waals surface area contributed by atoms with Crippen LogP contribution in [0.1, 0.15) is 88.5 Å². The van der Waals surface area contributed by atoms with Crippen molar-refractivity contribution in [1.29, 1.82) is 0 Å². The maximum Gasteiger partial charge on any atom is 0.246 e. The molecule has 6 N–H and O–H groups in total. The lowest BCUT2D eigenvalue weighted by atomic mass is 9.77. The molecular formula is C55H63N11O5S. The van der Waals surface area contributed by atoms with Crippen molar-refractivity contribution in [2.24, 2.45) is 11.3 Å². The highest BCUT2D eigenvalue weighted by Crippen LogP contribution is 2.40. The van der Waals surface area contributed by atoms with Gasteiger partial charge in [0.25, 0.3) is 0 Å². The van der Waals surface area contributed by atoms with Crippen LogP contribution >= 0.6 is 11.3 Å². The monoisotopic (exact) mass is 989 g/mol. The van der Waals surface area contributed by atoms with Crippen LogP contribution in [0, 0.1) is 18.3 Å². The lowest BCUT2D eigenvalue weighted by Gasteiger charge is -2.42. The minimum Gasteiger partial charge on any atom is -0.507 e. The second-order valence-corrected chi connectivity index (χ2v) is 21.9. The van der Waals surface area contributed by atoms with Crippen molar-refractivity contribution in [2.45, 2.75) is 115 Å². The number of nitrogen functional groups attached to an aromatic ring is 1. The van der Waals surface area contributed by atoms with E-state index in [1.165, 1.54) is 10.5 Å². The number of carbonyl (C=O) groups excluding carboxylic acids is 3. The predicted octanol–water partition coefficient (Wildman–Crippen LogP) is 7.26. The number of benzene rings is 3. The number of anilines is 3. The Kier molecular flexibility index (Phi) is 13.7. The van der Waals surface area contributed by atoms with E-state index < -0.39 is 23.6 Å². The summed E-state index contributed by atoms with van der Waals surface area (Å²) in [6, 6.07) is 24.2. The van der Waals surface area contributed by atoms with Crippen LogP contribution in [0.15, 0.2) is 96.8 Å². The normalized spacial score (nSPS) is 22.4. The van der Waals surface area contributed by atoms with Gasteiger partial charge in [0, 0.05) is 74.1 Å². The number of aromatic hydroxyl groups is 1. The quantitative estimate of drug-likeness (QED) is 0.0817. The number of nitrogens with two attached hydrogens (primary N) is 1. The maximum absolute atomic E-state index is 14.3. The van der Waals surface area contributed by atoms with Gasteiger partial charge in [0.1, 0.15) is 17.8 Å². The number of carbonyl (C=O) groups is 3. The number of nitrogens with one attached hydrogen (secondary N) is 2. The van der Waals surface area contributed by atoms with Crippen molar-refractivity contribution in [3.63, 3.8) is 0 Å². The number of likely N-dealkylation sites (tertiary alicyclic amines) is 1. The first-order chi connectivity index (χ1) is 34.7. The first kappa shape index (κ1) is 48.6. The largest absolute Gasteiger partial charge is 0.507 e. The van der Waals surface area contributed by atoms with Gasteiger partial charge in [-0.3, -0.25) is 14.4 Å². The maximum atomic E-state index is 14.3. The Hall–Kier alpha value is -6.98. The smallest absolute Gasteiger partial charge is 0.246 e. The Morgan fingerprint density at radius 1 is 0.819 bits per heavy atom. The summed E-state index contributed by atoms with van der Waals surface area (Å²) in [7, 11) is 0. The molecule has 10 rings (SSSR count). The highest BCUT2D eigenvalue weighted by atomic mass is 32.1. The van der Waals surface area contributed by atoms with Crippen LogP contribution in [0.2, 0.25) is 0 Å². The third-order valence-electron chi connectivity index (χ3n) is 15.2. The van der Waals surface area contributed by atoms with E-state index in [0.717, 1.165) is 83.2 Å². The molecule has 3 aromatic carbocycles. The summed E-state index contributed by atoms with van der Waals surface area (Å²) in [5, 5.41) is 35.8. The summed E-state index contributed by atoms with van der Waals surface area (Å²) in [5.74, 6) is 0.448. The van der Waals surface area contributed by atoms with Crippen LogP contribution in [0.3, 0.4) is 0 Å². The molecule has 4 aliphatic rings. The van der Waals surface area contributed by atoms with Crippen LogP contribution in [-0.4, -0.2) is 108 Å². The lowest BCUT2D eigenvalue weighted by Crippen LogP contribution is -2.58. The number of piperazine rings is 1. The number of aryl methyl sites for hydroxylation is 1. The molecule has 374 valence electrons. The number of hydrogen-bond donors (Lipinski definition) is 5. The van der Waals surface area contributed by atoms with Crippen molar-refractivity contribution in [3.05, 3.63) is 114 Å². The van der Waals surface area contributed by atoms with E-state index in [4.69, 9.17) is 15.7 Å². The summed E-state index contributed by atoms with van der Waals surface area (Å²) in [5.41, 5.74) is 15.7. The molecule has 1 aliphatic carbocycles. The summed E-state index contributed by atoms with van der Waals surface area (Å²) in [4.78, 5) is 63.1. The van der Waals surface area contributed by atoms with Gasteiger partial charge >= 0.3 is 0 Å². The van der Waals surface area contributed by atoms with Crippen LogP contribution in [0.25, 0.3) is 32.8 Å². The zero-order valence-corrected chi connectivity index (χ0v) is 42.1. The zero-order chi connectivity index (χ0) is 50.3. The van der Waals surface area contributed by atoms with Crippen LogP contribution in [0.5, 0.6) is 5.75 Å². The second kappa shape index (κ2) is 20.3. The first-order valence-corrected chi connectivity index (χ1v) is 26.0. The van der Waals surface area contributed by atoms with Gasteiger partial charge in [-0.25, -0.2) is 15.0 Å². The molecule has 3 amide bonds. The van der Waals surface area contributed by atoms with E-state index in [0.29, 0.717) is 35.8 Å². The van der Waals surface area contributed by atoms with Gasteiger partial charge in [-0.05, 0) is 97.2 Å². The molecule has 1 unspecified atom stereocenters. The number of phenolic OH excluding ortho intramolecular Hbond substituents is 1. The number of β-amino-alcohol motifs (C(OH)–C–C–N with tert-alkyl or cyclic N) is 1. The molecule has 72 heavy (non-hydrogen) atoms. The summed E-state index contributed by atoms with van der Waals surface area (Å²) in [6.07, 6.45) is 8.19. The number of rotatable bonds is 12. The number of aliphatic hydroxyl groups excluding tert-OH is 1. The Morgan fingerprint density at radius 3 is 2.15 bits per heavy atom. The molecule has 3 saturated heterocycles. The van der Waals surface area contributed by atoms with Crippen LogP contribution in [-0.2, 0) is 20.9 Å². The summed E-state index contributed by atoms with van der Waals surface area (Å²) < 4.78 is 0. The van der Waals surface area contributed by atoms with Gasteiger partial charge in [-0.2, -0.15) is 0 Å². The second-order valence-electron chi connectivity index (χ2n) is 21.0. The van der Waals surface area contributed by atoms with Gasteiger partial charge in [0.05, 0.1) is 33.6 Å². The fourth-order valence-corrected chi connectivity index (χ4v) is 12.0. The SMILES string of the molecule is Cc1ncsc1-c1ccc(CNC(=O)[C@@H]2C[C@@H](O)CN2C(=O)[C@@H](NC(=O)C2CCC(c3ccc(-c4cnc(N5C6CC[C@@H]5CN(c5cc(-c7ccccc7O)nnc5N)C6)nc4)cc3)CC2)C(C)(C)C)cc1.